The Morgan fingerprint density at radius 3 is 2.32 bits per heavy atom. The van der Waals surface area contributed by atoms with Gasteiger partial charge in [-0.1, -0.05) is 56.6 Å². The number of halogens is 1. The molecule has 0 amide bonds. The van der Waals surface area contributed by atoms with Gasteiger partial charge in [-0.05, 0) is 53.3 Å². The predicted molar refractivity (Wildman–Crippen MR) is 102 cm³/mol. The average molecular weight is 355 g/mol. The Morgan fingerprint density at radius 1 is 1.04 bits per heavy atom. The highest BCUT2D eigenvalue weighted by atomic mass is 35.5. The molecule has 1 unspecified atom stereocenters. The van der Waals surface area contributed by atoms with Crippen LogP contribution in [0.25, 0.3) is 11.1 Å². The third-order valence-corrected chi connectivity index (χ3v) is 5.51. The fourth-order valence-corrected chi connectivity index (χ4v) is 3.69. The molecule has 0 saturated heterocycles. The molecule has 0 N–H and O–H groups in total. The van der Waals surface area contributed by atoms with Crippen LogP contribution in [0.3, 0.4) is 0 Å². The summed E-state index contributed by atoms with van der Waals surface area (Å²) in [6.07, 6.45) is 1.91. The Kier molecular flexibility index (Phi) is 4.83. The van der Waals surface area contributed by atoms with Crippen molar-refractivity contribution in [3.05, 3.63) is 58.6 Å². The summed E-state index contributed by atoms with van der Waals surface area (Å²) in [5.41, 5.74) is 3.54. The van der Waals surface area contributed by atoms with E-state index in [-0.39, 0.29) is 11.6 Å². The SMILES string of the molecule is CCc1ccc(-c2ccc(Cl)cc2)cc1C1C(=O)CCC(C)(C)C1=O. The highest BCUT2D eigenvalue weighted by Gasteiger charge is 2.43. The van der Waals surface area contributed by atoms with Crippen LogP contribution in [-0.2, 0) is 16.0 Å². The van der Waals surface area contributed by atoms with Gasteiger partial charge in [-0.15, -0.1) is 0 Å². The molecule has 25 heavy (non-hydrogen) atoms. The Hall–Kier alpha value is -1.93. The van der Waals surface area contributed by atoms with Gasteiger partial charge in [-0.2, -0.15) is 0 Å². The van der Waals surface area contributed by atoms with E-state index in [1.807, 2.05) is 50.2 Å². The lowest BCUT2D eigenvalue weighted by Gasteiger charge is -2.33. The molecule has 2 aromatic rings. The molecule has 0 heterocycles. The van der Waals surface area contributed by atoms with Gasteiger partial charge in [0.05, 0.1) is 0 Å². The second-order valence-corrected chi connectivity index (χ2v) is 7.86. The Labute approximate surface area is 154 Å². The molecule has 0 aliphatic heterocycles. The summed E-state index contributed by atoms with van der Waals surface area (Å²) in [4.78, 5) is 25.6. The van der Waals surface area contributed by atoms with Crippen molar-refractivity contribution in [1.82, 2.24) is 0 Å². The van der Waals surface area contributed by atoms with Gasteiger partial charge in [0.1, 0.15) is 11.7 Å². The van der Waals surface area contributed by atoms with Crippen molar-refractivity contribution in [1.29, 1.82) is 0 Å². The molecular formula is C22H23ClO2. The van der Waals surface area contributed by atoms with Gasteiger partial charge in [0.25, 0.3) is 0 Å². The third kappa shape index (κ3) is 3.41. The number of aryl methyl sites for hydroxylation is 1. The summed E-state index contributed by atoms with van der Waals surface area (Å²) < 4.78 is 0. The van der Waals surface area contributed by atoms with E-state index in [0.29, 0.717) is 17.9 Å². The van der Waals surface area contributed by atoms with Crippen molar-refractivity contribution in [2.45, 2.75) is 46.0 Å². The first-order valence-electron chi connectivity index (χ1n) is 8.79. The maximum atomic E-state index is 13.0. The maximum absolute atomic E-state index is 13.0. The fourth-order valence-electron chi connectivity index (χ4n) is 3.56. The number of hydrogen-bond donors (Lipinski definition) is 0. The smallest absolute Gasteiger partial charge is 0.153 e. The van der Waals surface area contributed by atoms with Crippen LogP contribution >= 0.6 is 11.6 Å². The lowest BCUT2D eigenvalue weighted by atomic mass is 9.67. The van der Waals surface area contributed by atoms with Crippen LogP contribution in [-0.4, -0.2) is 11.6 Å². The van der Waals surface area contributed by atoms with E-state index in [0.717, 1.165) is 28.7 Å². The minimum Gasteiger partial charge on any atom is -0.299 e. The second kappa shape index (κ2) is 6.76. The summed E-state index contributed by atoms with van der Waals surface area (Å²) in [6.45, 7) is 5.95. The van der Waals surface area contributed by atoms with Crippen molar-refractivity contribution >= 4 is 23.2 Å². The second-order valence-electron chi connectivity index (χ2n) is 7.42. The van der Waals surface area contributed by atoms with Crippen molar-refractivity contribution in [2.75, 3.05) is 0 Å². The molecule has 0 radical (unpaired) electrons. The topological polar surface area (TPSA) is 34.1 Å². The minimum atomic E-state index is -0.633. The molecule has 0 bridgehead atoms. The molecule has 1 aliphatic rings. The number of rotatable bonds is 3. The molecule has 1 atom stereocenters. The van der Waals surface area contributed by atoms with E-state index in [4.69, 9.17) is 11.6 Å². The zero-order chi connectivity index (χ0) is 18.2. The summed E-state index contributed by atoms with van der Waals surface area (Å²) >= 11 is 5.98. The molecule has 1 saturated carbocycles. The van der Waals surface area contributed by atoms with Gasteiger partial charge >= 0.3 is 0 Å². The number of Topliss-reactive ketones (excluding diaryl/α,β-unsaturated/α-hetero) is 2. The first-order valence-corrected chi connectivity index (χ1v) is 9.17. The molecule has 1 fully saturated rings. The highest BCUT2D eigenvalue weighted by Crippen LogP contribution is 2.40. The first-order chi connectivity index (χ1) is 11.8. The largest absolute Gasteiger partial charge is 0.299 e. The maximum Gasteiger partial charge on any atom is 0.153 e. The molecule has 130 valence electrons. The predicted octanol–water partition coefficient (Wildman–Crippen LogP) is 5.61. The van der Waals surface area contributed by atoms with E-state index in [1.165, 1.54) is 0 Å². The highest BCUT2D eigenvalue weighted by molar-refractivity contribution is 6.30. The summed E-state index contributed by atoms with van der Waals surface area (Å²) in [6, 6.07) is 13.7. The van der Waals surface area contributed by atoms with Gasteiger partial charge in [-0.25, -0.2) is 0 Å². The minimum absolute atomic E-state index is 0.0479. The molecule has 1 aliphatic carbocycles. The monoisotopic (exact) mass is 354 g/mol. The molecular weight excluding hydrogens is 332 g/mol. The summed E-state index contributed by atoms with van der Waals surface area (Å²) in [7, 11) is 0. The quantitative estimate of drug-likeness (QED) is 0.671. The number of carbonyl (C=O) groups excluding carboxylic acids is 2. The Morgan fingerprint density at radius 2 is 1.68 bits per heavy atom. The van der Waals surface area contributed by atoms with Crippen LogP contribution in [0, 0.1) is 5.41 Å². The average Bonchev–Trinajstić information content (AvgIpc) is 2.60. The Balaban J connectivity index is 2.10. The van der Waals surface area contributed by atoms with Crippen molar-refractivity contribution in [3.63, 3.8) is 0 Å². The van der Waals surface area contributed by atoms with Gasteiger partial charge in [-0.3, -0.25) is 9.59 Å². The number of benzene rings is 2. The standard InChI is InChI=1S/C22H23ClO2/c1-4-14-5-6-16(15-7-9-17(23)10-8-15)13-18(14)20-19(24)11-12-22(2,3)21(20)25/h5-10,13,20H,4,11-12H2,1-3H3. The molecule has 3 heteroatoms. The van der Waals surface area contributed by atoms with Gasteiger partial charge in [0.15, 0.2) is 5.78 Å². The normalized spacial score (nSPS) is 19.9. The van der Waals surface area contributed by atoms with E-state index in [1.54, 1.807) is 0 Å². The van der Waals surface area contributed by atoms with Crippen molar-refractivity contribution < 1.29 is 9.59 Å². The molecule has 3 rings (SSSR count). The third-order valence-electron chi connectivity index (χ3n) is 5.26. The van der Waals surface area contributed by atoms with E-state index in [9.17, 15) is 9.59 Å². The van der Waals surface area contributed by atoms with Crippen molar-refractivity contribution in [2.24, 2.45) is 5.41 Å². The van der Waals surface area contributed by atoms with E-state index in [2.05, 4.69) is 13.0 Å². The Bertz CT molecular complexity index is 818. The van der Waals surface area contributed by atoms with Crippen LogP contribution in [0.1, 0.15) is 50.7 Å². The number of hydrogen-bond acceptors (Lipinski definition) is 2. The van der Waals surface area contributed by atoms with Crippen LogP contribution in [0.5, 0.6) is 0 Å². The van der Waals surface area contributed by atoms with Crippen LogP contribution in [0.4, 0.5) is 0 Å². The molecule has 2 aromatic carbocycles. The number of carbonyl (C=O) groups is 2. The first kappa shape index (κ1) is 17.9. The van der Waals surface area contributed by atoms with Gasteiger partial charge in [0.2, 0.25) is 0 Å². The fraction of sp³-hybridized carbons (Fsp3) is 0.364. The number of ketones is 2. The lowest BCUT2D eigenvalue weighted by Crippen LogP contribution is -2.39. The summed E-state index contributed by atoms with van der Waals surface area (Å²) in [5, 5.41) is 0.688. The van der Waals surface area contributed by atoms with E-state index >= 15 is 0 Å². The molecule has 2 nitrogen and oxygen atoms in total. The van der Waals surface area contributed by atoms with Gasteiger partial charge in [0, 0.05) is 16.9 Å². The molecule has 0 spiro atoms. The lowest BCUT2D eigenvalue weighted by molar-refractivity contribution is -0.139. The van der Waals surface area contributed by atoms with Gasteiger partial charge < -0.3 is 0 Å². The zero-order valence-corrected chi connectivity index (χ0v) is 15.7. The zero-order valence-electron chi connectivity index (χ0n) is 14.9. The molecule has 0 aromatic heterocycles. The van der Waals surface area contributed by atoms with Crippen molar-refractivity contribution in [3.8, 4) is 11.1 Å². The van der Waals surface area contributed by atoms with Crippen LogP contribution in [0.15, 0.2) is 42.5 Å². The van der Waals surface area contributed by atoms with Crippen LogP contribution < -0.4 is 0 Å². The van der Waals surface area contributed by atoms with Crippen LogP contribution in [0.2, 0.25) is 5.02 Å². The summed E-state index contributed by atoms with van der Waals surface area (Å²) in [5.74, 6) is -0.537. The van der Waals surface area contributed by atoms with E-state index < -0.39 is 11.3 Å².